The lowest BCUT2D eigenvalue weighted by molar-refractivity contribution is -0.128. The van der Waals surface area contributed by atoms with E-state index in [1.165, 1.54) is 12.1 Å². The summed E-state index contributed by atoms with van der Waals surface area (Å²) in [6.45, 7) is 9.97. The van der Waals surface area contributed by atoms with Gasteiger partial charge in [0, 0.05) is 23.4 Å². The average molecular weight is 295 g/mol. The van der Waals surface area contributed by atoms with Gasteiger partial charge in [0.05, 0.1) is 0 Å². The van der Waals surface area contributed by atoms with Gasteiger partial charge in [-0.15, -0.1) is 0 Å². The van der Waals surface area contributed by atoms with E-state index in [0.717, 1.165) is 12.5 Å². The maximum Gasteiger partial charge on any atom is 0.225 e. The lowest BCUT2D eigenvalue weighted by atomic mass is 9.86. The normalized spacial score (nSPS) is 23.8. The SMILES string of the molecule is CC(C)(C)C(=O)NCC1(c2ccc(F)cc2F)CC1(C)C. The molecular formula is C17H23F2NO. The third-order valence-electron chi connectivity index (χ3n) is 4.59. The molecule has 0 saturated heterocycles. The molecule has 1 unspecified atom stereocenters. The monoisotopic (exact) mass is 295 g/mol. The van der Waals surface area contributed by atoms with Gasteiger partial charge in [-0.1, -0.05) is 40.7 Å². The van der Waals surface area contributed by atoms with E-state index in [1.807, 2.05) is 34.6 Å². The number of halogens is 2. The molecule has 0 bridgehead atoms. The number of hydrogen-bond acceptors (Lipinski definition) is 1. The summed E-state index contributed by atoms with van der Waals surface area (Å²) in [5.41, 5.74) is -0.563. The fraction of sp³-hybridized carbons (Fsp3) is 0.588. The van der Waals surface area contributed by atoms with Gasteiger partial charge in [0.2, 0.25) is 5.91 Å². The van der Waals surface area contributed by atoms with Crippen molar-refractivity contribution < 1.29 is 13.6 Å². The van der Waals surface area contributed by atoms with Crippen LogP contribution in [-0.4, -0.2) is 12.5 Å². The van der Waals surface area contributed by atoms with E-state index in [-0.39, 0.29) is 11.3 Å². The molecule has 0 radical (unpaired) electrons. The molecule has 0 spiro atoms. The van der Waals surface area contributed by atoms with Gasteiger partial charge in [0.1, 0.15) is 11.6 Å². The van der Waals surface area contributed by atoms with E-state index in [2.05, 4.69) is 5.32 Å². The van der Waals surface area contributed by atoms with Crippen LogP contribution in [0.2, 0.25) is 0 Å². The third kappa shape index (κ3) is 2.81. The maximum atomic E-state index is 14.1. The van der Waals surface area contributed by atoms with Crippen LogP contribution in [0, 0.1) is 22.5 Å². The lowest BCUT2D eigenvalue weighted by Crippen LogP contribution is -2.41. The summed E-state index contributed by atoms with van der Waals surface area (Å²) in [5, 5.41) is 2.92. The van der Waals surface area contributed by atoms with E-state index in [0.29, 0.717) is 12.1 Å². The molecule has 0 aliphatic heterocycles. The molecule has 1 N–H and O–H groups in total. The zero-order valence-corrected chi connectivity index (χ0v) is 13.3. The Morgan fingerprint density at radius 1 is 1.29 bits per heavy atom. The highest BCUT2D eigenvalue weighted by atomic mass is 19.1. The first-order valence-electron chi connectivity index (χ1n) is 7.23. The van der Waals surface area contributed by atoms with Crippen molar-refractivity contribution >= 4 is 5.91 Å². The van der Waals surface area contributed by atoms with Gasteiger partial charge in [0.15, 0.2) is 0 Å². The van der Waals surface area contributed by atoms with Crippen molar-refractivity contribution in [2.75, 3.05) is 6.54 Å². The lowest BCUT2D eigenvalue weighted by Gasteiger charge is -2.25. The van der Waals surface area contributed by atoms with Crippen molar-refractivity contribution in [1.82, 2.24) is 5.32 Å². The Labute approximate surface area is 124 Å². The van der Waals surface area contributed by atoms with E-state index in [1.54, 1.807) is 0 Å². The minimum absolute atomic E-state index is 0.0629. The van der Waals surface area contributed by atoms with Crippen molar-refractivity contribution in [1.29, 1.82) is 0 Å². The van der Waals surface area contributed by atoms with Gasteiger partial charge in [-0.3, -0.25) is 4.79 Å². The van der Waals surface area contributed by atoms with Crippen LogP contribution in [-0.2, 0) is 10.2 Å². The van der Waals surface area contributed by atoms with Crippen LogP contribution < -0.4 is 5.32 Å². The smallest absolute Gasteiger partial charge is 0.225 e. The summed E-state index contributed by atoms with van der Waals surface area (Å²) in [4.78, 5) is 12.1. The Bertz CT molecular complexity index is 575. The summed E-state index contributed by atoms with van der Waals surface area (Å²) in [6, 6.07) is 3.69. The van der Waals surface area contributed by atoms with Crippen LogP contribution in [0.15, 0.2) is 18.2 Å². The summed E-state index contributed by atoms with van der Waals surface area (Å²) >= 11 is 0. The van der Waals surface area contributed by atoms with Crippen LogP contribution in [0.4, 0.5) is 8.78 Å². The molecule has 1 aliphatic rings. The van der Waals surface area contributed by atoms with Crippen LogP contribution in [0.25, 0.3) is 0 Å². The zero-order chi connectivity index (χ0) is 16.1. The molecule has 116 valence electrons. The molecule has 1 saturated carbocycles. The average Bonchev–Trinajstić information content (AvgIpc) is 2.88. The minimum Gasteiger partial charge on any atom is -0.355 e. The highest BCUT2D eigenvalue weighted by Gasteiger charge is 2.62. The fourth-order valence-corrected chi connectivity index (χ4v) is 2.94. The highest BCUT2D eigenvalue weighted by molar-refractivity contribution is 5.81. The van der Waals surface area contributed by atoms with Gasteiger partial charge >= 0.3 is 0 Å². The number of amides is 1. The van der Waals surface area contributed by atoms with Crippen molar-refractivity contribution in [3.8, 4) is 0 Å². The molecular weight excluding hydrogens is 272 g/mol. The standard InChI is InChI=1S/C17H23F2NO/c1-15(2,3)14(21)20-10-17(9-16(17,4)5)12-7-6-11(18)8-13(12)19/h6-8H,9-10H2,1-5H3,(H,20,21). The number of hydrogen-bond donors (Lipinski definition) is 1. The van der Waals surface area contributed by atoms with Crippen LogP contribution in [0.5, 0.6) is 0 Å². The molecule has 1 aliphatic carbocycles. The number of carbonyl (C=O) groups excluding carboxylic acids is 1. The van der Waals surface area contributed by atoms with Crippen molar-refractivity contribution in [3.05, 3.63) is 35.4 Å². The first-order chi connectivity index (χ1) is 9.49. The van der Waals surface area contributed by atoms with Crippen LogP contribution in [0.1, 0.15) is 46.6 Å². The van der Waals surface area contributed by atoms with E-state index >= 15 is 0 Å². The second kappa shape index (κ2) is 4.79. The second-order valence-electron chi connectivity index (χ2n) is 7.70. The van der Waals surface area contributed by atoms with Crippen molar-refractivity contribution in [2.24, 2.45) is 10.8 Å². The topological polar surface area (TPSA) is 29.1 Å². The second-order valence-corrected chi connectivity index (χ2v) is 7.70. The van der Waals surface area contributed by atoms with Crippen LogP contribution in [0.3, 0.4) is 0 Å². The molecule has 4 heteroatoms. The quantitative estimate of drug-likeness (QED) is 0.903. The fourth-order valence-electron chi connectivity index (χ4n) is 2.94. The van der Waals surface area contributed by atoms with Gasteiger partial charge in [-0.2, -0.15) is 0 Å². The number of carbonyl (C=O) groups is 1. The van der Waals surface area contributed by atoms with Gasteiger partial charge in [-0.05, 0) is 23.5 Å². The van der Waals surface area contributed by atoms with Gasteiger partial charge < -0.3 is 5.32 Å². The summed E-state index contributed by atoms with van der Waals surface area (Å²) < 4.78 is 27.2. The van der Waals surface area contributed by atoms with E-state index < -0.39 is 22.5 Å². The zero-order valence-electron chi connectivity index (χ0n) is 13.3. The molecule has 0 heterocycles. The van der Waals surface area contributed by atoms with E-state index in [4.69, 9.17) is 0 Å². The predicted molar refractivity (Wildman–Crippen MR) is 78.9 cm³/mol. The number of nitrogens with one attached hydrogen (secondary N) is 1. The third-order valence-corrected chi connectivity index (χ3v) is 4.59. The van der Waals surface area contributed by atoms with Gasteiger partial charge in [0.25, 0.3) is 0 Å². The molecule has 2 nitrogen and oxygen atoms in total. The molecule has 1 amide bonds. The molecule has 1 fully saturated rings. The van der Waals surface area contributed by atoms with Crippen molar-refractivity contribution in [3.63, 3.8) is 0 Å². The van der Waals surface area contributed by atoms with Crippen LogP contribution >= 0.6 is 0 Å². The molecule has 0 aromatic heterocycles. The first kappa shape index (κ1) is 15.9. The Balaban J connectivity index is 2.25. The Morgan fingerprint density at radius 2 is 1.86 bits per heavy atom. The summed E-state index contributed by atoms with van der Waals surface area (Å²) in [6.07, 6.45) is 0.771. The molecule has 1 aromatic rings. The first-order valence-corrected chi connectivity index (χ1v) is 7.23. The largest absolute Gasteiger partial charge is 0.355 e. The number of rotatable bonds is 3. The maximum absolute atomic E-state index is 14.1. The molecule has 1 aromatic carbocycles. The highest BCUT2D eigenvalue weighted by Crippen LogP contribution is 2.64. The molecule has 1 atom stereocenters. The Kier molecular flexibility index (Phi) is 3.63. The number of benzene rings is 1. The van der Waals surface area contributed by atoms with Gasteiger partial charge in [-0.25, -0.2) is 8.78 Å². The van der Waals surface area contributed by atoms with E-state index in [9.17, 15) is 13.6 Å². The summed E-state index contributed by atoms with van der Waals surface area (Å²) in [5.74, 6) is -1.18. The summed E-state index contributed by atoms with van der Waals surface area (Å²) in [7, 11) is 0. The minimum atomic E-state index is -0.580. The van der Waals surface area contributed by atoms with Crippen molar-refractivity contribution in [2.45, 2.75) is 46.5 Å². The predicted octanol–water partition coefficient (Wildman–Crippen LogP) is 3.79. The Morgan fingerprint density at radius 3 is 2.29 bits per heavy atom. The molecule has 2 rings (SSSR count). The molecule has 21 heavy (non-hydrogen) atoms. The Hall–Kier alpha value is -1.45.